The van der Waals surface area contributed by atoms with E-state index in [1.165, 1.54) is 18.4 Å². The van der Waals surface area contributed by atoms with Crippen LogP contribution in [0.1, 0.15) is 56.0 Å². The first kappa shape index (κ1) is 22.8. The first-order valence-corrected chi connectivity index (χ1v) is 11.3. The molecule has 3 aromatic rings. The fourth-order valence-corrected chi connectivity index (χ4v) is 4.95. The molecule has 1 aliphatic carbocycles. The van der Waals surface area contributed by atoms with Gasteiger partial charge < -0.3 is 15.4 Å². The molecule has 0 amide bonds. The van der Waals surface area contributed by atoms with E-state index in [2.05, 4.69) is 50.1 Å². The Hall–Kier alpha value is -2.36. The van der Waals surface area contributed by atoms with Crippen molar-refractivity contribution in [1.82, 2.24) is 25.2 Å². The summed E-state index contributed by atoms with van der Waals surface area (Å²) in [6, 6.07) is 14.6. The molecule has 1 fully saturated rings. The second kappa shape index (κ2) is 10.1. The van der Waals surface area contributed by atoms with Gasteiger partial charge in [0.25, 0.3) is 0 Å². The number of halogens is 1. The van der Waals surface area contributed by atoms with Crippen LogP contribution >= 0.6 is 24.0 Å². The minimum absolute atomic E-state index is 0. The van der Waals surface area contributed by atoms with Gasteiger partial charge in [-0.15, -0.1) is 34.2 Å². The molecule has 1 unspecified atom stereocenters. The molecule has 7 nitrogen and oxygen atoms in total. The third-order valence-electron chi connectivity index (χ3n) is 6.50. The Bertz CT molecular complexity index is 1080. The minimum Gasteiger partial charge on any atom is -0.487 e. The molecule has 1 aliphatic heterocycles. The number of ether oxygens (including phenoxy) is 1. The molecule has 5 rings (SSSR count). The lowest BCUT2D eigenvalue weighted by molar-refractivity contribution is 0.0396. The maximum Gasteiger partial charge on any atom is 0.191 e. The molecule has 1 spiro atoms. The van der Waals surface area contributed by atoms with Crippen molar-refractivity contribution in [1.29, 1.82) is 0 Å². The first-order chi connectivity index (χ1) is 15.3. The van der Waals surface area contributed by atoms with Gasteiger partial charge in [0.05, 0.1) is 6.04 Å². The molecule has 2 aliphatic rings. The van der Waals surface area contributed by atoms with Crippen LogP contribution in [0.2, 0.25) is 0 Å². The van der Waals surface area contributed by atoms with Crippen LogP contribution < -0.4 is 15.4 Å². The fraction of sp³-hybridized carbons (Fsp3) is 0.458. The molecular formula is C24H31IN6O. The standard InChI is InChI=1S/C24H30N6O.HI/c1-25-23(26-15-8-12-22-29-28-21-11-4-7-16-30(21)22)27-19-17-24(13-5-6-14-24)31-20-10-3-2-9-18(19)20;/h2-4,7,9-11,16,19H,5-6,8,12-15,17H2,1H3,(H2,25,26,27);1H. The lowest BCUT2D eigenvalue weighted by atomic mass is 9.86. The maximum absolute atomic E-state index is 6.49. The number of hydrogen-bond acceptors (Lipinski definition) is 4. The summed E-state index contributed by atoms with van der Waals surface area (Å²) in [5.74, 6) is 2.84. The Labute approximate surface area is 206 Å². The van der Waals surface area contributed by atoms with Crippen molar-refractivity contribution < 1.29 is 4.74 Å². The molecule has 170 valence electrons. The molecule has 8 heteroatoms. The normalized spacial score (nSPS) is 19.3. The smallest absolute Gasteiger partial charge is 0.191 e. The Morgan fingerprint density at radius 2 is 1.97 bits per heavy atom. The minimum atomic E-state index is -0.0282. The highest BCUT2D eigenvalue weighted by Crippen LogP contribution is 2.46. The number of para-hydroxylation sites is 1. The van der Waals surface area contributed by atoms with Gasteiger partial charge in [-0.2, -0.15) is 0 Å². The van der Waals surface area contributed by atoms with E-state index in [1.807, 2.05) is 35.8 Å². The molecule has 1 saturated carbocycles. The number of aryl methyl sites for hydroxylation is 1. The molecule has 0 bridgehead atoms. The summed E-state index contributed by atoms with van der Waals surface area (Å²) < 4.78 is 8.53. The van der Waals surface area contributed by atoms with Gasteiger partial charge in [0.2, 0.25) is 0 Å². The Morgan fingerprint density at radius 1 is 1.16 bits per heavy atom. The highest BCUT2D eigenvalue weighted by Gasteiger charge is 2.43. The zero-order chi connectivity index (χ0) is 21.1. The fourth-order valence-electron chi connectivity index (χ4n) is 4.95. The van der Waals surface area contributed by atoms with Crippen LogP contribution in [0.5, 0.6) is 5.75 Å². The van der Waals surface area contributed by atoms with E-state index < -0.39 is 0 Å². The van der Waals surface area contributed by atoms with Crippen molar-refractivity contribution in [3.63, 3.8) is 0 Å². The summed E-state index contributed by atoms with van der Waals surface area (Å²) in [5, 5.41) is 15.7. The SMILES string of the molecule is CN=C(NCCCc1nnc2ccccn12)NC1CC2(CCCC2)Oc2ccccc21.I. The zero-order valence-corrected chi connectivity index (χ0v) is 20.8. The number of nitrogens with one attached hydrogen (secondary N) is 2. The highest BCUT2D eigenvalue weighted by molar-refractivity contribution is 14.0. The number of aliphatic imine (C=N–C) groups is 1. The van der Waals surface area contributed by atoms with Gasteiger partial charge in [-0.3, -0.25) is 9.39 Å². The average molecular weight is 546 g/mol. The number of pyridine rings is 1. The predicted molar refractivity (Wildman–Crippen MR) is 137 cm³/mol. The largest absolute Gasteiger partial charge is 0.487 e. The molecule has 0 radical (unpaired) electrons. The summed E-state index contributed by atoms with van der Waals surface area (Å²) in [4.78, 5) is 4.48. The number of benzene rings is 1. The van der Waals surface area contributed by atoms with E-state index >= 15 is 0 Å². The number of nitrogens with zero attached hydrogens (tertiary/aromatic N) is 4. The number of guanidine groups is 1. The maximum atomic E-state index is 6.49. The molecule has 32 heavy (non-hydrogen) atoms. The van der Waals surface area contributed by atoms with Crippen molar-refractivity contribution >= 4 is 35.6 Å². The van der Waals surface area contributed by atoms with E-state index in [4.69, 9.17) is 4.74 Å². The van der Waals surface area contributed by atoms with Crippen molar-refractivity contribution in [3.05, 3.63) is 60.0 Å². The first-order valence-electron chi connectivity index (χ1n) is 11.3. The van der Waals surface area contributed by atoms with Crippen LogP contribution in [0.25, 0.3) is 5.65 Å². The van der Waals surface area contributed by atoms with Crippen LogP contribution in [-0.4, -0.2) is 39.8 Å². The summed E-state index contributed by atoms with van der Waals surface area (Å²) in [5.41, 5.74) is 2.08. The summed E-state index contributed by atoms with van der Waals surface area (Å²) in [6.07, 6.45) is 9.58. The molecular weight excluding hydrogens is 515 g/mol. The van der Waals surface area contributed by atoms with Crippen molar-refractivity contribution in [2.75, 3.05) is 13.6 Å². The summed E-state index contributed by atoms with van der Waals surface area (Å²) in [7, 11) is 1.83. The third-order valence-corrected chi connectivity index (χ3v) is 6.50. The van der Waals surface area contributed by atoms with E-state index in [1.54, 1.807) is 0 Å². The Balaban J connectivity index is 0.00000245. The second-order valence-corrected chi connectivity index (χ2v) is 8.58. The van der Waals surface area contributed by atoms with E-state index in [0.29, 0.717) is 0 Å². The van der Waals surface area contributed by atoms with Crippen molar-refractivity contribution in [2.24, 2.45) is 4.99 Å². The average Bonchev–Trinajstić information content (AvgIpc) is 3.43. The lowest BCUT2D eigenvalue weighted by Gasteiger charge is -2.40. The van der Waals surface area contributed by atoms with Crippen molar-refractivity contribution in [3.8, 4) is 5.75 Å². The molecule has 3 heterocycles. The van der Waals surface area contributed by atoms with Gasteiger partial charge in [0, 0.05) is 38.2 Å². The van der Waals surface area contributed by atoms with Gasteiger partial charge in [0.1, 0.15) is 17.2 Å². The molecule has 1 aromatic carbocycles. The van der Waals surface area contributed by atoms with E-state index in [-0.39, 0.29) is 35.6 Å². The van der Waals surface area contributed by atoms with Crippen LogP contribution in [0.15, 0.2) is 53.7 Å². The summed E-state index contributed by atoms with van der Waals surface area (Å²) in [6.45, 7) is 0.817. The monoisotopic (exact) mass is 546 g/mol. The van der Waals surface area contributed by atoms with Gasteiger partial charge in [-0.05, 0) is 50.3 Å². The highest BCUT2D eigenvalue weighted by atomic mass is 127. The van der Waals surface area contributed by atoms with E-state index in [9.17, 15) is 0 Å². The summed E-state index contributed by atoms with van der Waals surface area (Å²) >= 11 is 0. The topological polar surface area (TPSA) is 75.8 Å². The van der Waals surface area contributed by atoms with Crippen LogP contribution in [0, 0.1) is 0 Å². The van der Waals surface area contributed by atoms with Gasteiger partial charge >= 0.3 is 0 Å². The number of hydrogen-bond donors (Lipinski definition) is 2. The van der Waals surface area contributed by atoms with Gasteiger partial charge in [0.15, 0.2) is 11.6 Å². The predicted octanol–water partition coefficient (Wildman–Crippen LogP) is 4.28. The van der Waals surface area contributed by atoms with Crippen LogP contribution in [0.3, 0.4) is 0 Å². The Kier molecular flexibility index (Phi) is 7.17. The zero-order valence-electron chi connectivity index (χ0n) is 18.5. The Morgan fingerprint density at radius 3 is 2.81 bits per heavy atom. The second-order valence-electron chi connectivity index (χ2n) is 8.58. The molecule has 2 N–H and O–H groups in total. The molecule has 0 saturated heterocycles. The molecule has 2 aromatic heterocycles. The molecule has 1 atom stereocenters. The lowest BCUT2D eigenvalue weighted by Crippen LogP contribution is -2.46. The number of aromatic nitrogens is 3. The third kappa shape index (κ3) is 4.69. The number of fused-ring (bicyclic) bond motifs is 2. The van der Waals surface area contributed by atoms with Gasteiger partial charge in [-0.1, -0.05) is 24.3 Å². The number of rotatable bonds is 5. The van der Waals surface area contributed by atoms with Crippen LogP contribution in [-0.2, 0) is 6.42 Å². The van der Waals surface area contributed by atoms with Crippen LogP contribution in [0.4, 0.5) is 0 Å². The van der Waals surface area contributed by atoms with E-state index in [0.717, 1.165) is 61.8 Å². The van der Waals surface area contributed by atoms with Crippen molar-refractivity contribution in [2.45, 2.75) is 56.6 Å². The quantitative estimate of drug-likeness (QED) is 0.216. The van der Waals surface area contributed by atoms with Gasteiger partial charge in [-0.25, -0.2) is 0 Å².